The Hall–Kier alpha value is -1.49. The lowest BCUT2D eigenvalue weighted by Gasteiger charge is -2.22. The number of thiocarbonyl (C=S) groups is 1. The fraction of sp³-hybridized carbons (Fsp3) is 0.467. The topological polar surface area (TPSA) is 46.3 Å². The Labute approximate surface area is 125 Å². The summed E-state index contributed by atoms with van der Waals surface area (Å²) in [4.78, 5) is 14.3. The van der Waals surface area contributed by atoms with Crippen LogP contribution in [-0.2, 0) is 11.3 Å². The van der Waals surface area contributed by atoms with E-state index in [2.05, 4.69) is 0 Å². The van der Waals surface area contributed by atoms with Crippen LogP contribution in [0.4, 0.5) is 4.39 Å². The summed E-state index contributed by atoms with van der Waals surface area (Å²) in [7, 11) is 0. The number of unbranched alkanes of at least 4 members (excludes halogenated alkanes) is 1. The summed E-state index contributed by atoms with van der Waals surface area (Å²) in [6.45, 7) is 3.02. The van der Waals surface area contributed by atoms with Gasteiger partial charge in [0.15, 0.2) is 0 Å². The van der Waals surface area contributed by atoms with Gasteiger partial charge in [0, 0.05) is 25.9 Å². The molecule has 0 aromatic heterocycles. The molecular weight excluding hydrogens is 275 g/mol. The lowest BCUT2D eigenvalue weighted by molar-refractivity contribution is -0.131. The Kier molecular flexibility index (Phi) is 7.15. The third-order valence-electron chi connectivity index (χ3n) is 3.01. The zero-order valence-electron chi connectivity index (χ0n) is 11.8. The van der Waals surface area contributed by atoms with Crippen molar-refractivity contribution < 1.29 is 9.18 Å². The number of halogens is 1. The van der Waals surface area contributed by atoms with Gasteiger partial charge in [-0.2, -0.15) is 0 Å². The minimum absolute atomic E-state index is 0.0902. The number of nitrogens with zero attached hydrogens (tertiary/aromatic N) is 1. The number of amides is 1. The van der Waals surface area contributed by atoms with Crippen LogP contribution in [-0.4, -0.2) is 22.3 Å². The van der Waals surface area contributed by atoms with Crippen molar-refractivity contribution >= 4 is 23.1 Å². The second-order valence-electron chi connectivity index (χ2n) is 4.76. The summed E-state index contributed by atoms with van der Waals surface area (Å²) in [6.07, 6.45) is 2.88. The Bertz CT molecular complexity index is 448. The highest BCUT2D eigenvalue weighted by molar-refractivity contribution is 7.80. The summed E-state index contributed by atoms with van der Waals surface area (Å²) in [5.41, 5.74) is 6.40. The number of hydrogen-bond acceptors (Lipinski definition) is 2. The smallest absolute Gasteiger partial charge is 0.222 e. The maximum Gasteiger partial charge on any atom is 0.222 e. The van der Waals surface area contributed by atoms with E-state index in [1.165, 1.54) is 12.1 Å². The van der Waals surface area contributed by atoms with Gasteiger partial charge in [0.2, 0.25) is 5.91 Å². The van der Waals surface area contributed by atoms with E-state index in [1.807, 2.05) is 6.92 Å². The maximum atomic E-state index is 12.9. The fourth-order valence-electron chi connectivity index (χ4n) is 1.83. The molecular formula is C15H21FN2OS. The van der Waals surface area contributed by atoms with Gasteiger partial charge in [-0.15, -0.1) is 0 Å². The SMILES string of the molecule is CCCCC(=O)N(CCC(N)=S)Cc1ccc(F)cc1. The number of carbonyl (C=O) groups excluding carboxylic acids is 1. The third-order valence-corrected chi connectivity index (χ3v) is 3.22. The Morgan fingerprint density at radius 3 is 2.50 bits per heavy atom. The molecule has 0 bridgehead atoms. The van der Waals surface area contributed by atoms with Crippen LogP contribution in [0.2, 0.25) is 0 Å². The minimum atomic E-state index is -0.277. The molecule has 5 heteroatoms. The van der Waals surface area contributed by atoms with Crippen molar-refractivity contribution in [2.24, 2.45) is 5.73 Å². The van der Waals surface area contributed by atoms with Gasteiger partial charge in [-0.05, 0) is 24.1 Å². The van der Waals surface area contributed by atoms with Crippen LogP contribution in [0.15, 0.2) is 24.3 Å². The number of nitrogens with two attached hydrogens (primary N) is 1. The normalized spacial score (nSPS) is 10.3. The molecule has 0 aliphatic rings. The lowest BCUT2D eigenvalue weighted by Crippen LogP contribution is -2.33. The van der Waals surface area contributed by atoms with Gasteiger partial charge in [0.1, 0.15) is 5.82 Å². The van der Waals surface area contributed by atoms with E-state index in [4.69, 9.17) is 18.0 Å². The first-order valence-electron chi connectivity index (χ1n) is 6.83. The summed E-state index contributed by atoms with van der Waals surface area (Å²) < 4.78 is 12.9. The fourth-order valence-corrected chi connectivity index (χ4v) is 1.92. The van der Waals surface area contributed by atoms with E-state index in [-0.39, 0.29) is 11.7 Å². The average Bonchev–Trinajstić information content (AvgIpc) is 2.42. The molecule has 0 spiro atoms. The van der Waals surface area contributed by atoms with E-state index < -0.39 is 0 Å². The first-order chi connectivity index (χ1) is 9.52. The van der Waals surface area contributed by atoms with Gasteiger partial charge >= 0.3 is 0 Å². The van der Waals surface area contributed by atoms with E-state index in [9.17, 15) is 9.18 Å². The predicted octanol–water partition coefficient (Wildman–Crippen LogP) is 3.02. The van der Waals surface area contributed by atoms with E-state index in [1.54, 1.807) is 17.0 Å². The van der Waals surface area contributed by atoms with Gasteiger partial charge in [-0.1, -0.05) is 37.7 Å². The van der Waals surface area contributed by atoms with Gasteiger partial charge in [0.25, 0.3) is 0 Å². The van der Waals surface area contributed by atoms with Crippen LogP contribution in [0.1, 0.15) is 38.2 Å². The molecule has 0 radical (unpaired) electrons. The molecule has 1 aromatic carbocycles. The summed E-state index contributed by atoms with van der Waals surface area (Å²) in [6, 6.07) is 6.18. The molecule has 0 heterocycles. The van der Waals surface area contributed by atoms with Crippen LogP contribution in [0.25, 0.3) is 0 Å². The largest absolute Gasteiger partial charge is 0.393 e. The third kappa shape index (κ3) is 6.10. The Balaban J connectivity index is 2.67. The summed E-state index contributed by atoms with van der Waals surface area (Å²) in [5.74, 6) is -0.187. The van der Waals surface area contributed by atoms with Gasteiger partial charge in [0.05, 0.1) is 4.99 Å². The van der Waals surface area contributed by atoms with Crippen molar-refractivity contribution in [2.45, 2.75) is 39.2 Å². The van der Waals surface area contributed by atoms with Crippen LogP contribution in [0.3, 0.4) is 0 Å². The molecule has 0 saturated carbocycles. The highest BCUT2D eigenvalue weighted by Gasteiger charge is 2.13. The van der Waals surface area contributed by atoms with Crippen molar-refractivity contribution in [1.82, 2.24) is 4.90 Å². The van der Waals surface area contributed by atoms with Gasteiger partial charge < -0.3 is 10.6 Å². The quantitative estimate of drug-likeness (QED) is 0.750. The molecule has 0 fully saturated rings. The van der Waals surface area contributed by atoms with Crippen LogP contribution < -0.4 is 5.73 Å². The molecule has 0 saturated heterocycles. The van der Waals surface area contributed by atoms with Crippen molar-refractivity contribution in [3.8, 4) is 0 Å². The zero-order chi connectivity index (χ0) is 15.0. The number of benzene rings is 1. The highest BCUT2D eigenvalue weighted by atomic mass is 32.1. The molecule has 2 N–H and O–H groups in total. The van der Waals surface area contributed by atoms with Crippen molar-refractivity contribution in [3.63, 3.8) is 0 Å². The molecule has 1 rings (SSSR count). The summed E-state index contributed by atoms with van der Waals surface area (Å²) >= 11 is 4.86. The molecule has 0 atom stereocenters. The highest BCUT2D eigenvalue weighted by Crippen LogP contribution is 2.10. The van der Waals surface area contributed by atoms with E-state index >= 15 is 0 Å². The van der Waals surface area contributed by atoms with E-state index in [0.29, 0.717) is 30.9 Å². The van der Waals surface area contributed by atoms with Crippen molar-refractivity contribution in [1.29, 1.82) is 0 Å². The number of rotatable bonds is 8. The molecule has 20 heavy (non-hydrogen) atoms. The van der Waals surface area contributed by atoms with Crippen LogP contribution in [0, 0.1) is 5.82 Å². The van der Waals surface area contributed by atoms with E-state index in [0.717, 1.165) is 18.4 Å². The average molecular weight is 296 g/mol. The molecule has 1 aromatic rings. The summed E-state index contributed by atoms with van der Waals surface area (Å²) in [5, 5.41) is 0. The second-order valence-corrected chi connectivity index (χ2v) is 5.29. The molecule has 1 amide bonds. The maximum absolute atomic E-state index is 12.9. The minimum Gasteiger partial charge on any atom is -0.393 e. The Morgan fingerprint density at radius 1 is 1.30 bits per heavy atom. The monoisotopic (exact) mass is 296 g/mol. The molecule has 0 aliphatic heterocycles. The van der Waals surface area contributed by atoms with Gasteiger partial charge in [-0.3, -0.25) is 4.79 Å². The molecule has 0 unspecified atom stereocenters. The zero-order valence-corrected chi connectivity index (χ0v) is 12.6. The number of hydrogen-bond donors (Lipinski definition) is 1. The number of carbonyl (C=O) groups is 1. The lowest BCUT2D eigenvalue weighted by atomic mass is 10.1. The first-order valence-corrected chi connectivity index (χ1v) is 7.24. The van der Waals surface area contributed by atoms with Crippen molar-refractivity contribution in [2.75, 3.05) is 6.54 Å². The molecule has 110 valence electrons. The molecule has 3 nitrogen and oxygen atoms in total. The Morgan fingerprint density at radius 2 is 1.95 bits per heavy atom. The molecule has 0 aliphatic carbocycles. The van der Waals surface area contributed by atoms with Crippen molar-refractivity contribution in [3.05, 3.63) is 35.6 Å². The van der Waals surface area contributed by atoms with Crippen LogP contribution >= 0.6 is 12.2 Å². The standard InChI is InChI=1S/C15H21FN2OS/c1-2-3-4-15(19)18(10-9-14(17)20)11-12-5-7-13(16)8-6-12/h5-8H,2-4,9-11H2,1H3,(H2,17,20). The first kappa shape index (κ1) is 16.6. The van der Waals surface area contributed by atoms with Gasteiger partial charge in [-0.25, -0.2) is 4.39 Å². The second kappa shape index (κ2) is 8.64. The van der Waals surface area contributed by atoms with Crippen LogP contribution in [0.5, 0.6) is 0 Å². The predicted molar refractivity (Wildman–Crippen MR) is 82.7 cm³/mol.